The number of benzene rings is 2. The summed E-state index contributed by atoms with van der Waals surface area (Å²) in [7, 11) is 1.89. The highest BCUT2D eigenvalue weighted by Gasteiger charge is 2.39. The van der Waals surface area contributed by atoms with Crippen LogP contribution in [0.4, 0.5) is 8.78 Å². The molecular weight excluding hydrogens is 738 g/mol. The average Bonchev–Trinajstić information content (AvgIpc) is 3.17. The fraction of sp³-hybridized carbons (Fsp3) is 0.463. The molecule has 0 atom stereocenters. The van der Waals surface area contributed by atoms with Crippen molar-refractivity contribution in [3.05, 3.63) is 77.4 Å². The second kappa shape index (κ2) is 23.3. The van der Waals surface area contributed by atoms with Crippen molar-refractivity contribution in [2.45, 2.75) is 72.1 Å². The van der Waals surface area contributed by atoms with E-state index in [2.05, 4.69) is 29.6 Å². The lowest BCUT2D eigenvalue weighted by molar-refractivity contribution is -0.177. The van der Waals surface area contributed by atoms with Gasteiger partial charge in [-0.3, -0.25) is 0 Å². The highest BCUT2D eigenvalue weighted by atomic mass is 19.1. The van der Waals surface area contributed by atoms with Crippen LogP contribution < -0.4 is 4.74 Å². The van der Waals surface area contributed by atoms with E-state index >= 15 is 8.78 Å². The molecule has 0 aliphatic rings. The van der Waals surface area contributed by atoms with Crippen LogP contribution >= 0.6 is 0 Å². The number of hydrogen-bond donors (Lipinski definition) is 0. The third-order valence-corrected chi connectivity index (χ3v) is 8.31. The molecule has 0 aliphatic carbocycles. The van der Waals surface area contributed by atoms with Gasteiger partial charge in [-0.1, -0.05) is 51.8 Å². The first-order chi connectivity index (χ1) is 26.6. The molecule has 0 heterocycles. The van der Waals surface area contributed by atoms with E-state index in [1.807, 2.05) is 0 Å². The highest BCUT2D eigenvalue weighted by molar-refractivity contribution is 6.30. The average molecular weight is 789 g/mol. The molecule has 15 heteroatoms. The Balaban J connectivity index is 2.57. The van der Waals surface area contributed by atoms with Gasteiger partial charge in [0.05, 0.1) is 26.4 Å². The Hall–Kier alpha value is -5.60. The van der Waals surface area contributed by atoms with Crippen molar-refractivity contribution in [3.8, 4) is 16.9 Å². The zero-order chi connectivity index (χ0) is 41.8. The van der Waals surface area contributed by atoms with E-state index in [9.17, 15) is 28.8 Å². The van der Waals surface area contributed by atoms with E-state index in [1.54, 1.807) is 0 Å². The first-order valence-corrected chi connectivity index (χ1v) is 18.0. The molecule has 0 bridgehead atoms. The van der Waals surface area contributed by atoms with Gasteiger partial charge in [-0.05, 0) is 80.5 Å². The van der Waals surface area contributed by atoms with Crippen molar-refractivity contribution in [1.82, 2.24) is 0 Å². The summed E-state index contributed by atoms with van der Waals surface area (Å²) < 4.78 is 66.9. The van der Waals surface area contributed by atoms with Gasteiger partial charge in [0.2, 0.25) is 0 Å². The Morgan fingerprint density at radius 1 is 0.625 bits per heavy atom. The van der Waals surface area contributed by atoms with Crippen LogP contribution in [0.5, 0.6) is 5.75 Å². The van der Waals surface area contributed by atoms with Crippen molar-refractivity contribution in [3.63, 3.8) is 0 Å². The lowest BCUT2D eigenvalue weighted by Gasteiger charge is -2.32. The van der Waals surface area contributed by atoms with Gasteiger partial charge in [0, 0.05) is 11.1 Å². The van der Waals surface area contributed by atoms with Gasteiger partial charge in [-0.25, -0.2) is 37.5 Å². The predicted octanol–water partition coefficient (Wildman–Crippen LogP) is 6.11. The fourth-order valence-electron chi connectivity index (χ4n) is 5.14. The van der Waals surface area contributed by atoms with Gasteiger partial charge < -0.3 is 33.2 Å². The molecule has 306 valence electrons. The van der Waals surface area contributed by atoms with Gasteiger partial charge in [-0.2, -0.15) is 0 Å². The maximum Gasteiger partial charge on any atom is 0.417 e. The van der Waals surface area contributed by atoms with Crippen LogP contribution in [-0.4, -0.2) is 83.1 Å². The van der Waals surface area contributed by atoms with Crippen LogP contribution in [0.2, 0.25) is 0 Å². The monoisotopic (exact) mass is 788 g/mol. The predicted molar refractivity (Wildman–Crippen MR) is 198 cm³/mol. The maximum atomic E-state index is 15.6. The summed E-state index contributed by atoms with van der Waals surface area (Å²) in [4.78, 5) is 72.8. The second-order valence-electron chi connectivity index (χ2n) is 13.2. The minimum atomic E-state index is -1.78. The molecule has 0 spiro atoms. The summed E-state index contributed by atoms with van der Waals surface area (Å²) in [5.74, 6) is -8.50. The van der Waals surface area contributed by atoms with E-state index in [1.165, 1.54) is 44.2 Å². The number of halogens is 2. The Morgan fingerprint density at radius 3 is 1.66 bits per heavy atom. The van der Waals surface area contributed by atoms with E-state index in [0.29, 0.717) is 17.5 Å². The van der Waals surface area contributed by atoms with E-state index in [4.69, 9.17) is 23.7 Å². The molecule has 2 aromatic carbocycles. The minimum Gasteiger partial charge on any atom is -0.492 e. The van der Waals surface area contributed by atoms with E-state index < -0.39 is 79.3 Å². The number of carbonyl (C=O) groups is 6. The topological polar surface area (TPSA) is 167 Å². The van der Waals surface area contributed by atoms with Crippen LogP contribution in [0.3, 0.4) is 0 Å². The van der Waals surface area contributed by atoms with Crippen molar-refractivity contribution in [2.24, 2.45) is 5.41 Å². The number of unbranched alkanes of at least 4 members (excludes halogenated alkanes) is 4. The minimum absolute atomic E-state index is 0.0115. The van der Waals surface area contributed by atoms with Gasteiger partial charge in [0.15, 0.2) is 0 Å². The molecule has 2 rings (SSSR count). The largest absolute Gasteiger partial charge is 0.492 e. The molecule has 0 aliphatic heterocycles. The molecule has 0 saturated carbocycles. The molecule has 0 amide bonds. The number of hydrogen-bond acceptors (Lipinski definition) is 13. The van der Waals surface area contributed by atoms with Crippen molar-refractivity contribution < 1.29 is 70.7 Å². The molecule has 0 saturated heterocycles. The number of esters is 6. The van der Waals surface area contributed by atoms with Crippen molar-refractivity contribution >= 4 is 35.8 Å². The number of ether oxygens (including phenoxy) is 7. The molecule has 0 unspecified atom stereocenters. The summed E-state index contributed by atoms with van der Waals surface area (Å²) in [6, 6.07) is 6.97. The molecular formula is C41H50F2O13. The first kappa shape index (κ1) is 46.6. The summed E-state index contributed by atoms with van der Waals surface area (Å²) in [5.41, 5.74) is -0.778. The number of carbonyl (C=O) groups excluding carboxylic acids is 6. The fourth-order valence-corrected chi connectivity index (χ4v) is 5.14. The SMILES string of the molecule is C=C(C)C(=O)OCCCc1cc(-c2c(F)cc(CCCCCCC)cc2F)ccc1OCC(COC(=O)C(=C)C)(COC(=O)C(=O)OC)COC(=O)C(=O)OC. The van der Waals surface area contributed by atoms with E-state index in [-0.39, 0.29) is 47.5 Å². The Morgan fingerprint density at radius 2 is 1.14 bits per heavy atom. The van der Waals surface area contributed by atoms with Crippen LogP contribution in [0.25, 0.3) is 11.1 Å². The number of methoxy groups -OCH3 is 2. The molecule has 0 radical (unpaired) electrons. The van der Waals surface area contributed by atoms with Gasteiger partial charge in [0.1, 0.15) is 49.2 Å². The normalized spacial score (nSPS) is 10.8. The van der Waals surface area contributed by atoms with E-state index in [0.717, 1.165) is 46.3 Å². The van der Waals surface area contributed by atoms with Crippen LogP contribution in [-0.2, 0) is 70.0 Å². The second-order valence-corrected chi connectivity index (χ2v) is 13.2. The number of aryl methyl sites for hydroxylation is 2. The quantitative estimate of drug-likeness (QED) is 0.0441. The Bertz CT molecular complexity index is 1700. The third-order valence-electron chi connectivity index (χ3n) is 8.31. The smallest absolute Gasteiger partial charge is 0.417 e. The van der Waals surface area contributed by atoms with Gasteiger partial charge in [0.25, 0.3) is 0 Å². The lowest BCUT2D eigenvalue weighted by atomic mass is 9.91. The third kappa shape index (κ3) is 14.9. The molecule has 2 aromatic rings. The van der Waals surface area contributed by atoms with Gasteiger partial charge in [-0.15, -0.1) is 0 Å². The zero-order valence-electron chi connectivity index (χ0n) is 32.6. The first-order valence-electron chi connectivity index (χ1n) is 18.0. The van der Waals surface area contributed by atoms with Crippen molar-refractivity contribution in [1.29, 1.82) is 0 Å². The zero-order valence-corrected chi connectivity index (χ0v) is 32.6. The highest BCUT2D eigenvalue weighted by Crippen LogP contribution is 2.34. The molecule has 0 aromatic heterocycles. The molecule has 0 fully saturated rings. The van der Waals surface area contributed by atoms with Crippen LogP contribution in [0.15, 0.2) is 54.6 Å². The summed E-state index contributed by atoms with van der Waals surface area (Å²) in [5, 5.41) is 0. The van der Waals surface area contributed by atoms with Gasteiger partial charge >= 0.3 is 35.8 Å². The standard InChI is InChI=1S/C41H50F2O13/c1-8-9-10-11-12-14-28-19-31(42)34(32(43)20-28)30-16-17-33(29(21-30)15-13-18-52-35(44)26(2)3)53-22-41(23-54-36(45)27(4)5,24-55-39(48)37(46)50-6)25-56-40(49)38(47)51-7/h16-17,19-21H,2,4,8-15,18,22-25H2,1,3,5-7H3. The Labute approximate surface area is 325 Å². The summed E-state index contributed by atoms with van der Waals surface area (Å²) in [6.07, 6.45) is 5.86. The lowest BCUT2D eigenvalue weighted by Crippen LogP contribution is -2.45. The summed E-state index contributed by atoms with van der Waals surface area (Å²) >= 11 is 0. The molecule has 56 heavy (non-hydrogen) atoms. The maximum absolute atomic E-state index is 15.6. The van der Waals surface area contributed by atoms with Crippen LogP contribution in [0, 0.1) is 17.0 Å². The molecule has 0 N–H and O–H groups in total. The molecule has 13 nitrogen and oxygen atoms in total. The summed E-state index contributed by atoms with van der Waals surface area (Å²) in [6.45, 7) is 9.21. The van der Waals surface area contributed by atoms with Crippen LogP contribution in [0.1, 0.15) is 70.4 Å². The van der Waals surface area contributed by atoms with Crippen molar-refractivity contribution in [2.75, 3.05) is 47.3 Å². The number of rotatable bonds is 22. The Kier molecular flexibility index (Phi) is 19.4.